The van der Waals surface area contributed by atoms with Crippen LogP contribution in [0.15, 0.2) is 12.2 Å². The summed E-state index contributed by atoms with van der Waals surface area (Å²) in [6.07, 6.45) is 9.88. The fourth-order valence-electron chi connectivity index (χ4n) is 1.87. The molecule has 0 aliphatic heterocycles. The topological polar surface area (TPSA) is 12.0 Å². The molecule has 0 aromatic heterocycles. The molecule has 1 heteroatoms. The highest BCUT2D eigenvalue weighted by Gasteiger charge is 2.21. The Morgan fingerprint density at radius 2 is 2.17 bits per heavy atom. The second kappa shape index (κ2) is 4.08. The first-order chi connectivity index (χ1) is 5.64. The molecular formula is C11H21N. The average Bonchev–Trinajstić information content (AvgIpc) is 2.06. The van der Waals surface area contributed by atoms with Crippen LogP contribution in [-0.2, 0) is 0 Å². The van der Waals surface area contributed by atoms with E-state index < -0.39 is 0 Å². The van der Waals surface area contributed by atoms with Crippen LogP contribution in [0.25, 0.3) is 0 Å². The molecule has 70 valence electrons. The summed E-state index contributed by atoms with van der Waals surface area (Å²) in [6.45, 7) is 4.57. The van der Waals surface area contributed by atoms with Gasteiger partial charge in [-0.25, -0.2) is 0 Å². The van der Waals surface area contributed by atoms with E-state index in [-0.39, 0.29) is 0 Å². The van der Waals surface area contributed by atoms with Crippen LogP contribution >= 0.6 is 0 Å². The van der Waals surface area contributed by atoms with Crippen molar-refractivity contribution in [2.75, 3.05) is 7.05 Å². The van der Waals surface area contributed by atoms with Gasteiger partial charge in [0.05, 0.1) is 0 Å². The van der Waals surface area contributed by atoms with E-state index in [1.165, 1.54) is 25.7 Å². The van der Waals surface area contributed by atoms with Gasteiger partial charge in [-0.15, -0.1) is 0 Å². The molecule has 12 heavy (non-hydrogen) atoms. The molecule has 1 aliphatic carbocycles. The van der Waals surface area contributed by atoms with Crippen molar-refractivity contribution in [3.05, 3.63) is 12.2 Å². The lowest BCUT2D eigenvalue weighted by atomic mass is 9.83. The summed E-state index contributed by atoms with van der Waals surface area (Å²) >= 11 is 0. The van der Waals surface area contributed by atoms with Crippen molar-refractivity contribution in [1.29, 1.82) is 0 Å². The molecule has 0 amide bonds. The molecule has 0 aromatic carbocycles. The SMILES string of the molecule is CNC(C)(C)CC1CC=CCC1. The minimum absolute atomic E-state index is 0.315. The highest BCUT2D eigenvalue weighted by molar-refractivity contribution is 4.92. The third kappa shape index (κ3) is 2.98. The number of nitrogens with one attached hydrogen (secondary N) is 1. The Hall–Kier alpha value is -0.300. The average molecular weight is 167 g/mol. The smallest absolute Gasteiger partial charge is 0.0124 e. The highest BCUT2D eigenvalue weighted by Crippen LogP contribution is 2.26. The van der Waals surface area contributed by atoms with E-state index in [2.05, 4.69) is 38.4 Å². The fourth-order valence-corrected chi connectivity index (χ4v) is 1.87. The van der Waals surface area contributed by atoms with Crippen molar-refractivity contribution in [2.24, 2.45) is 5.92 Å². The summed E-state index contributed by atoms with van der Waals surface area (Å²) in [7, 11) is 2.05. The Morgan fingerprint density at radius 3 is 2.67 bits per heavy atom. The zero-order valence-electron chi connectivity index (χ0n) is 8.56. The maximum absolute atomic E-state index is 3.36. The molecule has 0 bridgehead atoms. The van der Waals surface area contributed by atoms with Crippen LogP contribution in [0.1, 0.15) is 39.5 Å². The maximum atomic E-state index is 3.36. The monoisotopic (exact) mass is 167 g/mol. The van der Waals surface area contributed by atoms with Crippen molar-refractivity contribution in [2.45, 2.75) is 45.1 Å². The second-order valence-electron chi connectivity index (χ2n) is 4.49. The van der Waals surface area contributed by atoms with Crippen molar-refractivity contribution < 1.29 is 0 Å². The van der Waals surface area contributed by atoms with Crippen molar-refractivity contribution in [3.63, 3.8) is 0 Å². The zero-order chi connectivity index (χ0) is 9.03. The maximum Gasteiger partial charge on any atom is 0.0124 e. The van der Waals surface area contributed by atoms with E-state index in [0.29, 0.717) is 5.54 Å². The van der Waals surface area contributed by atoms with Gasteiger partial charge < -0.3 is 5.32 Å². The molecule has 1 aliphatic rings. The molecule has 1 nitrogen and oxygen atoms in total. The quantitative estimate of drug-likeness (QED) is 0.637. The van der Waals surface area contributed by atoms with Crippen LogP contribution in [0.5, 0.6) is 0 Å². The molecule has 0 saturated carbocycles. The summed E-state index contributed by atoms with van der Waals surface area (Å²) in [5.41, 5.74) is 0.315. The standard InChI is InChI=1S/C11H21N/c1-11(2,12-3)9-10-7-5-4-6-8-10/h4-5,10,12H,6-9H2,1-3H3. The second-order valence-corrected chi connectivity index (χ2v) is 4.49. The van der Waals surface area contributed by atoms with Gasteiger partial charge in [-0.1, -0.05) is 12.2 Å². The van der Waals surface area contributed by atoms with Gasteiger partial charge in [-0.3, -0.25) is 0 Å². The largest absolute Gasteiger partial charge is 0.315 e. The normalized spacial score (nSPS) is 24.4. The summed E-state index contributed by atoms with van der Waals surface area (Å²) in [5, 5.41) is 3.36. The summed E-state index contributed by atoms with van der Waals surface area (Å²) < 4.78 is 0. The highest BCUT2D eigenvalue weighted by atomic mass is 14.9. The molecule has 1 rings (SSSR count). The van der Waals surface area contributed by atoms with Gasteiger partial charge in [0, 0.05) is 5.54 Å². The molecule has 1 unspecified atom stereocenters. The van der Waals surface area contributed by atoms with Crippen LogP contribution in [0.2, 0.25) is 0 Å². The van der Waals surface area contributed by atoms with Gasteiger partial charge in [-0.2, -0.15) is 0 Å². The van der Waals surface area contributed by atoms with Gasteiger partial charge in [-0.05, 0) is 52.5 Å². The number of hydrogen-bond acceptors (Lipinski definition) is 1. The Labute approximate surface area is 76.2 Å². The molecule has 0 fully saturated rings. The third-order valence-corrected chi connectivity index (χ3v) is 2.85. The van der Waals surface area contributed by atoms with E-state index in [1.54, 1.807) is 0 Å². The van der Waals surface area contributed by atoms with Gasteiger partial charge in [0.2, 0.25) is 0 Å². The Balaban J connectivity index is 2.35. The number of hydrogen-bond donors (Lipinski definition) is 1. The van der Waals surface area contributed by atoms with Gasteiger partial charge in [0.15, 0.2) is 0 Å². The fraction of sp³-hybridized carbons (Fsp3) is 0.818. The van der Waals surface area contributed by atoms with Crippen LogP contribution in [0.4, 0.5) is 0 Å². The van der Waals surface area contributed by atoms with Gasteiger partial charge in [0.25, 0.3) is 0 Å². The minimum Gasteiger partial charge on any atom is -0.315 e. The molecule has 0 radical (unpaired) electrons. The third-order valence-electron chi connectivity index (χ3n) is 2.85. The van der Waals surface area contributed by atoms with E-state index in [4.69, 9.17) is 0 Å². The summed E-state index contributed by atoms with van der Waals surface area (Å²) in [4.78, 5) is 0. The van der Waals surface area contributed by atoms with Gasteiger partial charge >= 0.3 is 0 Å². The Kier molecular flexibility index (Phi) is 3.33. The number of rotatable bonds is 3. The first-order valence-corrected chi connectivity index (χ1v) is 4.98. The van der Waals surface area contributed by atoms with E-state index >= 15 is 0 Å². The van der Waals surface area contributed by atoms with Crippen LogP contribution in [0, 0.1) is 5.92 Å². The first-order valence-electron chi connectivity index (χ1n) is 4.98. The lowest BCUT2D eigenvalue weighted by Crippen LogP contribution is -2.38. The lowest BCUT2D eigenvalue weighted by molar-refractivity contribution is 0.299. The van der Waals surface area contributed by atoms with Crippen LogP contribution in [0.3, 0.4) is 0 Å². The van der Waals surface area contributed by atoms with Crippen molar-refractivity contribution >= 4 is 0 Å². The zero-order valence-corrected chi connectivity index (χ0v) is 8.56. The van der Waals surface area contributed by atoms with E-state index in [0.717, 1.165) is 5.92 Å². The first kappa shape index (κ1) is 9.79. The summed E-state index contributed by atoms with van der Waals surface area (Å²) in [5.74, 6) is 0.900. The molecule has 0 spiro atoms. The molecule has 0 saturated heterocycles. The molecule has 0 aromatic rings. The van der Waals surface area contributed by atoms with Crippen LogP contribution < -0.4 is 5.32 Å². The Morgan fingerprint density at radius 1 is 1.42 bits per heavy atom. The van der Waals surface area contributed by atoms with Crippen LogP contribution in [-0.4, -0.2) is 12.6 Å². The van der Waals surface area contributed by atoms with Gasteiger partial charge in [0.1, 0.15) is 0 Å². The van der Waals surface area contributed by atoms with Crippen molar-refractivity contribution in [3.8, 4) is 0 Å². The number of allylic oxidation sites excluding steroid dienone is 2. The van der Waals surface area contributed by atoms with E-state index in [1.807, 2.05) is 0 Å². The molecule has 1 N–H and O–H groups in total. The Bertz CT molecular complexity index is 158. The summed E-state index contributed by atoms with van der Waals surface area (Å²) in [6, 6.07) is 0. The minimum atomic E-state index is 0.315. The lowest BCUT2D eigenvalue weighted by Gasteiger charge is -2.30. The predicted octanol–water partition coefficient (Wildman–Crippen LogP) is 2.73. The van der Waals surface area contributed by atoms with Crippen molar-refractivity contribution in [1.82, 2.24) is 5.32 Å². The molecular weight excluding hydrogens is 146 g/mol. The predicted molar refractivity (Wildman–Crippen MR) is 54.2 cm³/mol. The molecule has 1 atom stereocenters. The molecule has 0 heterocycles. The van der Waals surface area contributed by atoms with E-state index in [9.17, 15) is 0 Å².